The minimum atomic E-state index is -0.483. The Kier molecular flexibility index (Phi) is 6.25. The largest absolute Gasteiger partial charge is 0.345 e. The lowest BCUT2D eigenvalue weighted by molar-refractivity contribution is -0.120. The topological polar surface area (TPSA) is 80.1 Å². The number of thiophene rings is 1. The van der Waals surface area contributed by atoms with Gasteiger partial charge in [-0.2, -0.15) is 5.10 Å². The third kappa shape index (κ3) is 4.18. The summed E-state index contributed by atoms with van der Waals surface area (Å²) in [6.45, 7) is 3.62. The molecule has 1 aliphatic rings. The molecule has 1 aliphatic heterocycles. The van der Waals surface area contributed by atoms with E-state index in [4.69, 9.17) is 11.6 Å². The van der Waals surface area contributed by atoms with Crippen LogP contribution in [0.25, 0.3) is 16.6 Å². The number of aryl methyl sites for hydroxylation is 1. The van der Waals surface area contributed by atoms with Crippen LogP contribution in [0.1, 0.15) is 33.2 Å². The molecule has 3 atom stereocenters. The first-order chi connectivity index (χ1) is 18.3. The van der Waals surface area contributed by atoms with E-state index in [1.54, 1.807) is 46.4 Å². The van der Waals surface area contributed by atoms with Gasteiger partial charge in [0.2, 0.25) is 5.91 Å². The summed E-state index contributed by atoms with van der Waals surface area (Å²) in [5.74, 6) is -1.15. The third-order valence-electron chi connectivity index (χ3n) is 6.82. The first kappa shape index (κ1) is 24.7. The van der Waals surface area contributed by atoms with Gasteiger partial charge in [-0.3, -0.25) is 9.59 Å². The van der Waals surface area contributed by atoms with Gasteiger partial charge >= 0.3 is 0 Å². The summed E-state index contributed by atoms with van der Waals surface area (Å²) >= 11 is 8.96. The van der Waals surface area contributed by atoms with Gasteiger partial charge in [0.1, 0.15) is 10.7 Å². The molecule has 2 amide bonds. The molecule has 0 radical (unpaired) electrons. The predicted molar refractivity (Wildman–Crippen MR) is 148 cm³/mol. The summed E-state index contributed by atoms with van der Waals surface area (Å²) in [7, 11) is 0. The van der Waals surface area contributed by atoms with E-state index in [1.807, 2.05) is 31.2 Å². The van der Waals surface area contributed by atoms with Crippen LogP contribution >= 0.6 is 34.3 Å². The van der Waals surface area contributed by atoms with E-state index in [9.17, 15) is 14.0 Å². The molecule has 0 saturated carbocycles. The molecule has 3 aromatic heterocycles. The van der Waals surface area contributed by atoms with Crippen molar-refractivity contribution in [3.63, 3.8) is 0 Å². The van der Waals surface area contributed by atoms with E-state index in [0.29, 0.717) is 20.6 Å². The highest BCUT2D eigenvalue weighted by Crippen LogP contribution is 2.44. The molecule has 4 heterocycles. The zero-order chi connectivity index (χ0) is 26.6. The summed E-state index contributed by atoms with van der Waals surface area (Å²) in [5, 5.41) is 8.42. The van der Waals surface area contributed by atoms with Gasteiger partial charge in [0.05, 0.1) is 50.9 Å². The zero-order valence-corrected chi connectivity index (χ0v) is 22.6. The fraction of sp³-hybridized carbons (Fsp3) is 0.185. The molecule has 38 heavy (non-hydrogen) atoms. The quantitative estimate of drug-likeness (QED) is 0.276. The van der Waals surface area contributed by atoms with Crippen molar-refractivity contribution in [2.45, 2.75) is 25.9 Å². The van der Waals surface area contributed by atoms with Crippen LogP contribution < -0.4 is 10.2 Å². The number of amides is 2. The van der Waals surface area contributed by atoms with Crippen molar-refractivity contribution in [2.24, 2.45) is 5.92 Å². The lowest BCUT2D eigenvalue weighted by atomic mass is 9.98. The van der Waals surface area contributed by atoms with Gasteiger partial charge in [0.15, 0.2) is 0 Å². The van der Waals surface area contributed by atoms with Gasteiger partial charge in [0.25, 0.3) is 5.91 Å². The van der Waals surface area contributed by atoms with E-state index in [2.05, 4.69) is 15.4 Å². The molecule has 192 valence electrons. The number of thiazole rings is 1. The van der Waals surface area contributed by atoms with Gasteiger partial charge in [-0.15, -0.1) is 22.7 Å². The standard InChI is InChI=1S/C27H21ClFN5O2S2/c1-14-23(32-26(35)25-15(2)30-13-37-25)24(21-9-10-22(28)38-21)33(27(14)36)19-7-8-20-16(11-19)12-31-34(20)18-5-3-17(29)4-6-18/h3-14,23-24H,1-2H3,(H,32,35)/t14-,23-,24+/m0/s1. The lowest BCUT2D eigenvalue weighted by Gasteiger charge is -2.28. The van der Waals surface area contributed by atoms with Crippen LogP contribution in [-0.4, -0.2) is 32.6 Å². The number of benzene rings is 2. The van der Waals surface area contributed by atoms with Crippen molar-refractivity contribution in [1.82, 2.24) is 20.1 Å². The van der Waals surface area contributed by atoms with Crippen LogP contribution in [0.3, 0.4) is 0 Å². The minimum absolute atomic E-state index is 0.101. The van der Waals surface area contributed by atoms with Crippen LogP contribution in [0.2, 0.25) is 4.34 Å². The molecule has 6 rings (SSSR count). The first-order valence-electron chi connectivity index (χ1n) is 11.8. The highest BCUT2D eigenvalue weighted by Gasteiger charge is 2.48. The van der Waals surface area contributed by atoms with E-state index < -0.39 is 18.0 Å². The molecular weight excluding hydrogens is 545 g/mol. The number of carbonyl (C=O) groups excluding carboxylic acids is 2. The molecule has 1 N–H and O–H groups in total. The second kappa shape index (κ2) is 9.61. The number of hydrogen-bond donors (Lipinski definition) is 1. The summed E-state index contributed by atoms with van der Waals surface area (Å²) < 4.78 is 15.8. The van der Waals surface area contributed by atoms with Crippen molar-refractivity contribution in [1.29, 1.82) is 0 Å². The number of nitrogens with one attached hydrogen (secondary N) is 1. The Balaban J connectivity index is 1.40. The van der Waals surface area contributed by atoms with Crippen molar-refractivity contribution in [2.75, 3.05) is 4.90 Å². The van der Waals surface area contributed by atoms with Crippen LogP contribution in [0.4, 0.5) is 10.1 Å². The van der Waals surface area contributed by atoms with Crippen LogP contribution in [0.15, 0.2) is 66.3 Å². The molecule has 0 unspecified atom stereocenters. The zero-order valence-electron chi connectivity index (χ0n) is 20.3. The highest BCUT2D eigenvalue weighted by molar-refractivity contribution is 7.16. The van der Waals surface area contributed by atoms with Crippen LogP contribution in [0.5, 0.6) is 0 Å². The summed E-state index contributed by atoms with van der Waals surface area (Å²) in [6.07, 6.45) is 1.72. The summed E-state index contributed by atoms with van der Waals surface area (Å²) in [4.78, 5) is 34.2. The fourth-order valence-electron chi connectivity index (χ4n) is 4.92. The summed E-state index contributed by atoms with van der Waals surface area (Å²) in [5.41, 5.74) is 4.53. The Bertz CT molecular complexity index is 1680. The Labute approximate surface area is 230 Å². The minimum Gasteiger partial charge on any atom is -0.345 e. The van der Waals surface area contributed by atoms with Crippen molar-refractivity contribution < 1.29 is 14.0 Å². The van der Waals surface area contributed by atoms with Gasteiger partial charge in [0, 0.05) is 16.0 Å². The van der Waals surface area contributed by atoms with Crippen LogP contribution in [0, 0.1) is 18.7 Å². The number of nitrogens with zero attached hydrogens (tertiary/aromatic N) is 4. The van der Waals surface area contributed by atoms with Crippen molar-refractivity contribution in [3.05, 3.63) is 91.9 Å². The maximum absolute atomic E-state index is 13.7. The van der Waals surface area contributed by atoms with E-state index >= 15 is 0 Å². The SMILES string of the molecule is Cc1ncsc1C(=O)N[C@H]1[C@H](C)C(=O)N(c2ccc3c(cnn3-c3ccc(F)cc3)c2)[C@@H]1c1ccc(Cl)s1. The third-order valence-corrected chi connectivity index (χ3v) is 9.05. The number of fused-ring (bicyclic) bond motifs is 1. The molecular formula is C27H21ClFN5O2S2. The number of rotatable bonds is 5. The molecule has 2 aromatic carbocycles. The lowest BCUT2D eigenvalue weighted by Crippen LogP contribution is -2.41. The smallest absolute Gasteiger partial charge is 0.263 e. The van der Waals surface area contributed by atoms with Crippen molar-refractivity contribution >= 4 is 62.7 Å². The number of anilines is 1. The van der Waals surface area contributed by atoms with Crippen molar-refractivity contribution in [3.8, 4) is 5.69 Å². The van der Waals surface area contributed by atoms with Gasteiger partial charge < -0.3 is 10.2 Å². The molecule has 5 aromatic rings. The van der Waals surface area contributed by atoms with Gasteiger partial charge in [-0.25, -0.2) is 14.1 Å². The first-order valence-corrected chi connectivity index (χ1v) is 13.9. The van der Waals surface area contributed by atoms with E-state index in [1.165, 1.54) is 34.8 Å². The number of halogens is 2. The van der Waals surface area contributed by atoms with Gasteiger partial charge in [-0.1, -0.05) is 18.5 Å². The van der Waals surface area contributed by atoms with E-state index in [-0.39, 0.29) is 17.6 Å². The molecule has 0 spiro atoms. The molecule has 7 nitrogen and oxygen atoms in total. The molecule has 11 heteroatoms. The Morgan fingerprint density at radius 3 is 2.55 bits per heavy atom. The molecule has 1 fully saturated rings. The summed E-state index contributed by atoms with van der Waals surface area (Å²) in [6, 6.07) is 14.5. The predicted octanol–water partition coefficient (Wildman–Crippen LogP) is 6.17. The maximum Gasteiger partial charge on any atom is 0.263 e. The van der Waals surface area contributed by atoms with E-state index in [0.717, 1.165) is 21.5 Å². The number of hydrogen-bond acceptors (Lipinski definition) is 6. The second-order valence-corrected chi connectivity index (χ2v) is 11.7. The Morgan fingerprint density at radius 1 is 1.11 bits per heavy atom. The highest BCUT2D eigenvalue weighted by atomic mass is 35.5. The molecule has 1 saturated heterocycles. The average Bonchev–Trinajstić information content (AvgIpc) is 3.68. The monoisotopic (exact) mass is 565 g/mol. The average molecular weight is 566 g/mol. The maximum atomic E-state index is 13.7. The number of aromatic nitrogens is 3. The molecule has 0 bridgehead atoms. The van der Waals surface area contributed by atoms with Crippen LogP contribution in [-0.2, 0) is 4.79 Å². The Hall–Kier alpha value is -3.60. The molecule has 0 aliphatic carbocycles. The number of carbonyl (C=O) groups is 2. The Morgan fingerprint density at radius 2 is 1.87 bits per heavy atom. The van der Waals surface area contributed by atoms with Gasteiger partial charge in [-0.05, 0) is 61.5 Å². The fourth-order valence-corrected chi connectivity index (χ4v) is 6.83. The second-order valence-electron chi connectivity index (χ2n) is 9.13. The normalized spacial score (nSPS) is 19.4.